The van der Waals surface area contributed by atoms with Crippen LogP contribution in [0.3, 0.4) is 0 Å². The van der Waals surface area contributed by atoms with Crippen molar-refractivity contribution in [2.45, 2.75) is 25.8 Å². The third kappa shape index (κ3) is 2.90. The Balaban J connectivity index is 1.91. The predicted molar refractivity (Wildman–Crippen MR) is 68.5 cm³/mol. The number of hydrogen-bond acceptors (Lipinski definition) is 3. The van der Waals surface area contributed by atoms with Crippen molar-refractivity contribution in [2.75, 3.05) is 0 Å². The standard InChI is InChI=1S/C13H16N2S/c1-10-7-12(9-16-10)13(14)5-4-11-3-2-6-15-8-11/h2-3,6-9,13H,4-5,14H2,1H3. The topological polar surface area (TPSA) is 38.9 Å². The van der Waals surface area contributed by atoms with Gasteiger partial charge < -0.3 is 5.73 Å². The summed E-state index contributed by atoms with van der Waals surface area (Å²) in [5, 5.41) is 2.16. The van der Waals surface area contributed by atoms with Crippen molar-refractivity contribution in [3.8, 4) is 0 Å². The van der Waals surface area contributed by atoms with Crippen LogP contribution in [0.1, 0.15) is 28.5 Å². The monoisotopic (exact) mass is 232 g/mol. The van der Waals surface area contributed by atoms with Gasteiger partial charge in [0.25, 0.3) is 0 Å². The summed E-state index contributed by atoms with van der Waals surface area (Å²) in [4.78, 5) is 5.43. The average Bonchev–Trinajstić information content (AvgIpc) is 2.74. The number of rotatable bonds is 4. The van der Waals surface area contributed by atoms with Gasteiger partial charge in [-0.25, -0.2) is 0 Å². The van der Waals surface area contributed by atoms with Crippen molar-refractivity contribution in [1.82, 2.24) is 4.98 Å². The van der Waals surface area contributed by atoms with Crippen LogP contribution in [0.15, 0.2) is 36.0 Å². The molecule has 2 N–H and O–H groups in total. The van der Waals surface area contributed by atoms with Gasteiger partial charge in [0, 0.05) is 23.3 Å². The molecule has 0 saturated carbocycles. The lowest BCUT2D eigenvalue weighted by Crippen LogP contribution is -2.10. The molecular weight excluding hydrogens is 216 g/mol. The SMILES string of the molecule is Cc1cc(C(N)CCc2cccnc2)cs1. The molecule has 1 atom stereocenters. The van der Waals surface area contributed by atoms with Gasteiger partial charge in [0.15, 0.2) is 0 Å². The van der Waals surface area contributed by atoms with E-state index in [0.717, 1.165) is 12.8 Å². The zero-order chi connectivity index (χ0) is 11.4. The van der Waals surface area contributed by atoms with Crippen LogP contribution in [-0.2, 0) is 6.42 Å². The normalized spacial score (nSPS) is 12.6. The fourth-order valence-corrected chi connectivity index (χ4v) is 2.46. The van der Waals surface area contributed by atoms with Crippen molar-refractivity contribution < 1.29 is 0 Å². The molecule has 0 aliphatic rings. The molecule has 0 saturated heterocycles. The van der Waals surface area contributed by atoms with Crippen molar-refractivity contribution in [2.24, 2.45) is 5.73 Å². The van der Waals surface area contributed by atoms with E-state index in [1.54, 1.807) is 17.5 Å². The molecule has 3 heteroatoms. The van der Waals surface area contributed by atoms with Crippen molar-refractivity contribution in [3.05, 3.63) is 52.0 Å². The van der Waals surface area contributed by atoms with E-state index in [4.69, 9.17) is 5.73 Å². The van der Waals surface area contributed by atoms with Crippen molar-refractivity contribution in [3.63, 3.8) is 0 Å². The fourth-order valence-electron chi connectivity index (χ4n) is 1.69. The molecule has 0 bridgehead atoms. The summed E-state index contributed by atoms with van der Waals surface area (Å²) in [5.41, 5.74) is 8.65. The first-order valence-electron chi connectivity index (χ1n) is 5.45. The Hall–Kier alpha value is -1.19. The van der Waals surface area contributed by atoms with Gasteiger partial charge in [-0.2, -0.15) is 0 Å². The lowest BCUT2D eigenvalue weighted by atomic mass is 10.0. The quantitative estimate of drug-likeness (QED) is 0.879. The number of aryl methyl sites for hydroxylation is 2. The van der Waals surface area contributed by atoms with Gasteiger partial charge in [-0.1, -0.05) is 6.07 Å². The van der Waals surface area contributed by atoms with Gasteiger partial charge in [0.1, 0.15) is 0 Å². The van der Waals surface area contributed by atoms with Gasteiger partial charge in [-0.05, 0) is 48.4 Å². The van der Waals surface area contributed by atoms with E-state index in [1.807, 2.05) is 12.3 Å². The van der Waals surface area contributed by atoms with Crippen LogP contribution in [-0.4, -0.2) is 4.98 Å². The zero-order valence-corrected chi connectivity index (χ0v) is 10.2. The van der Waals surface area contributed by atoms with Gasteiger partial charge >= 0.3 is 0 Å². The van der Waals surface area contributed by atoms with Crippen LogP contribution in [0, 0.1) is 6.92 Å². The lowest BCUT2D eigenvalue weighted by molar-refractivity contribution is 0.652. The first-order valence-corrected chi connectivity index (χ1v) is 6.33. The Labute approximate surface area is 100 Å². The minimum Gasteiger partial charge on any atom is -0.324 e. The average molecular weight is 232 g/mol. The molecule has 2 aromatic heterocycles. The summed E-state index contributed by atoms with van der Waals surface area (Å²) in [6.45, 7) is 2.11. The number of pyridine rings is 1. The summed E-state index contributed by atoms with van der Waals surface area (Å²) in [7, 11) is 0. The van der Waals surface area contributed by atoms with E-state index in [-0.39, 0.29) is 6.04 Å². The molecule has 0 radical (unpaired) electrons. The molecule has 2 nitrogen and oxygen atoms in total. The number of hydrogen-bond donors (Lipinski definition) is 1. The first kappa shape index (κ1) is 11.3. The van der Waals surface area contributed by atoms with Crippen LogP contribution >= 0.6 is 11.3 Å². The maximum Gasteiger partial charge on any atom is 0.0306 e. The molecule has 0 fully saturated rings. The summed E-state index contributed by atoms with van der Waals surface area (Å²) in [6, 6.07) is 6.39. The molecule has 2 rings (SSSR count). The van der Waals surface area contributed by atoms with Crippen LogP contribution in [0.2, 0.25) is 0 Å². The Bertz CT molecular complexity index is 436. The van der Waals surface area contributed by atoms with Gasteiger partial charge in [-0.3, -0.25) is 4.98 Å². The number of nitrogens with two attached hydrogens (primary N) is 1. The van der Waals surface area contributed by atoms with Crippen molar-refractivity contribution >= 4 is 11.3 Å². The molecule has 2 heterocycles. The summed E-state index contributed by atoms with van der Waals surface area (Å²) < 4.78 is 0. The Morgan fingerprint density at radius 2 is 2.38 bits per heavy atom. The van der Waals surface area contributed by atoms with Crippen LogP contribution in [0.4, 0.5) is 0 Å². The van der Waals surface area contributed by atoms with Crippen LogP contribution in [0.25, 0.3) is 0 Å². The van der Waals surface area contributed by atoms with E-state index < -0.39 is 0 Å². The second-order valence-electron chi connectivity index (χ2n) is 4.00. The molecule has 0 aliphatic carbocycles. The molecule has 1 unspecified atom stereocenters. The van der Waals surface area contributed by atoms with Crippen LogP contribution < -0.4 is 5.73 Å². The third-order valence-electron chi connectivity index (χ3n) is 2.65. The molecule has 84 valence electrons. The number of aromatic nitrogens is 1. The molecule has 0 spiro atoms. The minimum absolute atomic E-state index is 0.144. The lowest BCUT2D eigenvalue weighted by Gasteiger charge is -2.09. The summed E-state index contributed by atoms with van der Waals surface area (Å²) in [5.74, 6) is 0. The highest BCUT2D eigenvalue weighted by Crippen LogP contribution is 2.22. The summed E-state index contributed by atoms with van der Waals surface area (Å²) >= 11 is 1.76. The number of nitrogens with zero attached hydrogens (tertiary/aromatic N) is 1. The third-order valence-corrected chi connectivity index (χ3v) is 3.53. The zero-order valence-electron chi connectivity index (χ0n) is 9.39. The van der Waals surface area contributed by atoms with Gasteiger partial charge in [0.05, 0.1) is 0 Å². The Kier molecular flexibility index (Phi) is 3.70. The minimum atomic E-state index is 0.144. The molecule has 2 aromatic rings. The molecule has 0 amide bonds. The second-order valence-corrected chi connectivity index (χ2v) is 5.11. The highest BCUT2D eigenvalue weighted by Gasteiger charge is 2.07. The molecule has 0 aliphatic heterocycles. The fraction of sp³-hybridized carbons (Fsp3) is 0.308. The smallest absolute Gasteiger partial charge is 0.0306 e. The Morgan fingerprint density at radius 3 is 3.00 bits per heavy atom. The van der Waals surface area contributed by atoms with E-state index in [1.165, 1.54) is 16.0 Å². The summed E-state index contributed by atoms with van der Waals surface area (Å²) in [6.07, 6.45) is 5.67. The largest absolute Gasteiger partial charge is 0.324 e. The second kappa shape index (κ2) is 5.23. The van der Waals surface area contributed by atoms with Gasteiger partial charge in [0.2, 0.25) is 0 Å². The van der Waals surface area contributed by atoms with E-state index in [9.17, 15) is 0 Å². The maximum atomic E-state index is 6.14. The van der Waals surface area contributed by atoms with Gasteiger partial charge in [-0.15, -0.1) is 11.3 Å². The van der Waals surface area contributed by atoms with Crippen LogP contribution in [0.5, 0.6) is 0 Å². The highest BCUT2D eigenvalue weighted by molar-refractivity contribution is 7.10. The highest BCUT2D eigenvalue weighted by atomic mass is 32.1. The molecule has 0 aromatic carbocycles. The van der Waals surface area contributed by atoms with E-state index >= 15 is 0 Å². The number of thiophene rings is 1. The van der Waals surface area contributed by atoms with E-state index in [0.29, 0.717) is 0 Å². The first-order chi connectivity index (χ1) is 7.75. The molecular formula is C13H16N2S. The van der Waals surface area contributed by atoms with Crippen molar-refractivity contribution in [1.29, 1.82) is 0 Å². The maximum absolute atomic E-state index is 6.14. The molecule has 16 heavy (non-hydrogen) atoms. The van der Waals surface area contributed by atoms with E-state index in [2.05, 4.69) is 29.4 Å². The predicted octanol–water partition coefficient (Wildman–Crippen LogP) is 3.08. The Morgan fingerprint density at radius 1 is 1.50 bits per heavy atom.